The largest absolute Gasteiger partial charge is 0.439 e. The van der Waals surface area contributed by atoms with Gasteiger partial charge in [0.15, 0.2) is 6.23 Å². The van der Waals surface area contributed by atoms with Crippen molar-refractivity contribution >= 4 is 5.97 Å². The Morgan fingerprint density at radius 2 is 2.07 bits per heavy atom. The van der Waals surface area contributed by atoms with Crippen molar-refractivity contribution in [1.29, 1.82) is 0 Å². The average Bonchev–Trinajstić information content (AvgIpc) is 2.19. The van der Waals surface area contributed by atoms with Gasteiger partial charge < -0.3 is 4.74 Å². The van der Waals surface area contributed by atoms with Crippen LogP contribution in [0.15, 0.2) is 42.5 Å². The molecule has 0 spiro atoms. The Morgan fingerprint density at radius 1 is 1.43 bits per heavy atom. The molecule has 1 atom stereocenters. The minimum absolute atomic E-state index is 0.427. The molecule has 1 aromatic rings. The number of carbonyl (C=O) groups excluding carboxylic acids is 1. The molecule has 0 aliphatic carbocycles. The zero-order valence-electron chi connectivity index (χ0n) is 8.01. The lowest BCUT2D eigenvalue weighted by Crippen LogP contribution is -2.17. The van der Waals surface area contributed by atoms with Gasteiger partial charge >= 0.3 is 5.97 Å². The van der Waals surface area contributed by atoms with Crippen molar-refractivity contribution in [2.75, 3.05) is 0 Å². The number of ether oxygens (including phenoxy) is 1. The zero-order chi connectivity index (χ0) is 10.4. The lowest BCUT2D eigenvalue weighted by atomic mass is 10.2. The number of hydrogen-bond donors (Lipinski definition) is 1. The molecule has 0 radical (unpaired) electrons. The Bertz CT molecular complexity index is 319. The molecule has 0 aliphatic rings. The normalized spacial score (nSPS) is 12.7. The first-order chi connectivity index (χ1) is 6.74. The number of nitrogens with two attached hydrogens (primary N) is 1. The van der Waals surface area contributed by atoms with Crippen molar-refractivity contribution in [2.24, 2.45) is 5.73 Å². The van der Waals surface area contributed by atoms with Crippen LogP contribution in [-0.4, -0.2) is 5.97 Å². The van der Waals surface area contributed by atoms with Gasteiger partial charge in [-0.15, -0.1) is 0 Å². The molecule has 0 saturated heterocycles. The Labute approximate surface area is 83.2 Å². The van der Waals surface area contributed by atoms with Crippen LogP contribution in [0.25, 0.3) is 0 Å². The summed E-state index contributed by atoms with van der Waals surface area (Å²) in [5.74, 6) is -0.427. The molecular formula is C11H13NO2. The number of rotatable bonds is 3. The van der Waals surface area contributed by atoms with E-state index in [1.165, 1.54) is 6.08 Å². The van der Waals surface area contributed by atoms with Gasteiger partial charge in [-0.05, 0) is 6.92 Å². The highest BCUT2D eigenvalue weighted by Crippen LogP contribution is 2.10. The Hall–Kier alpha value is -1.61. The quantitative estimate of drug-likeness (QED) is 0.450. The third-order valence-corrected chi connectivity index (χ3v) is 1.67. The third kappa shape index (κ3) is 3.03. The molecule has 0 heterocycles. The van der Waals surface area contributed by atoms with Gasteiger partial charge in [0.25, 0.3) is 0 Å². The van der Waals surface area contributed by atoms with Gasteiger partial charge in [0.1, 0.15) is 0 Å². The maximum atomic E-state index is 11.0. The average molecular weight is 191 g/mol. The molecule has 74 valence electrons. The summed E-state index contributed by atoms with van der Waals surface area (Å²) >= 11 is 0. The van der Waals surface area contributed by atoms with E-state index in [2.05, 4.69) is 0 Å². The van der Waals surface area contributed by atoms with Crippen molar-refractivity contribution in [3.63, 3.8) is 0 Å². The van der Waals surface area contributed by atoms with Crippen LogP contribution < -0.4 is 5.73 Å². The maximum Gasteiger partial charge on any atom is 0.332 e. The predicted molar refractivity (Wildman–Crippen MR) is 54.3 cm³/mol. The molecule has 0 amide bonds. The van der Waals surface area contributed by atoms with Gasteiger partial charge in [0, 0.05) is 11.6 Å². The van der Waals surface area contributed by atoms with Crippen LogP contribution in [0, 0.1) is 0 Å². The van der Waals surface area contributed by atoms with E-state index in [1.807, 2.05) is 30.3 Å². The lowest BCUT2D eigenvalue weighted by Gasteiger charge is -2.11. The summed E-state index contributed by atoms with van der Waals surface area (Å²) in [6.07, 6.45) is 2.25. The molecule has 1 unspecified atom stereocenters. The van der Waals surface area contributed by atoms with Gasteiger partial charge in [0.2, 0.25) is 0 Å². The van der Waals surface area contributed by atoms with E-state index in [4.69, 9.17) is 10.5 Å². The van der Waals surface area contributed by atoms with E-state index in [-0.39, 0.29) is 0 Å². The smallest absolute Gasteiger partial charge is 0.332 e. The van der Waals surface area contributed by atoms with Crippen molar-refractivity contribution < 1.29 is 9.53 Å². The fraction of sp³-hybridized carbons (Fsp3) is 0.182. The summed E-state index contributed by atoms with van der Waals surface area (Å²) in [5.41, 5.74) is 6.43. The maximum absolute atomic E-state index is 11.0. The van der Waals surface area contributed by atoms with Crippen molar-refractivity contribution in [3.05, 3.63) is 48.0 Å². The van der Waals surface area contributed by atoms with Gasteiger partial charge in [-0.25, -0.2) is 4.79 Å². The highest BCUT2D eigenvalue weighted by atomic mass is 16.6. The molecule has 1 aromatic carbocycles. The first kappa shape index (κ1) is 10.5. The molecular weight excluding hydrogens is 178 g/mol. The molecule has 0 aromatic heterocycles. The monoisotopic (exact) mass is 191 g/mol. The van der Waals surface area contributed by atoms with Gasteiger partial charge in [-0.2, -0.15) is 0 Å². The fourth-order valence-electron chi connectivity index (χ4n) is 1.01. The molecule has 0 bridgehead atoms. The molecule has 2 N–H and O–H groups in total. The summed E-state index contributed by atoms with van der Waals surface area (Å²) in [6, 6.07) is 9.20. The third-order valence-electron chi connectivity index (χ3n) is 1.67. The van der Waals surface area contributed by atoms with Crippen molar-refractivity contribution in [3.8, 4) is 0 Å². The minimum atomic E-state index is -0.695. The van der Waals surface area contributed by atoms with Crippen LogP contribution in [0.5, 0.6) is 0 Å². The van der Waals surface area contributed by atoms with Crippen LogP contribution in [0.3, 0.4) is 0 Å². The van der Waals surface area contributed by atoms with E-state index >= 15 is 0 Å². The van der Waals surface area contributed by atoms with Crippen molar-refractivity contribution in [2.45, 2.75) is 13.2 Å². The summed E-state index contributed by atoms with van der Waals surface area (Å²) in [4.78, 5) is 11.0. The number of hydrogen-bond acceptors (Lipinski definition) is 3. The molecule has 0 fully saturated rings. The molecule has 0 saturated carbocycles. The zero-order valence-corrected chi connectivity index (χ0v) is 8.01. The molecule has 3 nitrogen and oxygen atoms in total. The second kappa shape index (κ2) is 5.19. The minimum Gasteiger partial charge on any atom is -0.439 e. The lowest BCUT2D eigenvalue weighted by molar-refractivity contribution is -0.143. The van der Waals surface area contributed by atoms with E-state index < -0.39 is 12.2 Å². The topological polar surface area (TPSA) is 52.3 Å². The number of allylic oxidation sites excluding steroid dienone is 1. The van der Waals surface area contributed by atoms with E-state index in [0.717, 1.165) is 5.56 Å². The first-order valence-electron chi connectivity index (χ1n) is 4.38. The van der Waals surface area contributed by atoms with Crippen LogP contribution in [0.2, 0.25) is 0 Å². The summed E-state index contributed by atoms with van der Waals surface area (Å²) in [6.45, 7) is 1.75. The summed E-state index contributed by atoms with van der Waals surface area (Å²) in [7, 11) is 0. The van der Waals surface area contributed by atoms with Crippen LogP contribution in [-0.2, 0) is 9.53 Å². The number of benzene rings is 1. The van der Waals surface area contributed by atoms with Gasteiger partial charge in [-0.3, -0.25) is 5.73 Å². The standard InChI is InChI=1S/C11H13NO2/c1-2-6-10(13)14-11(12)9-7-4-3-5-8-9/h2-8,11H,12H2,1H3/b6-2+. The highest BCUT2D eigenvalue weighted by Gasteiger charge is 2.08. The number of carbonyl (C=O) groups is 1. The molecule has 14 heavy (non-hydrogen) atoms. The van der Waals surface area contributed by atoms with Gasteiger partial charge in [0.05, 0.1) is 0 Å². The Kier molecular flexibility index (Phi) is 3.88. The highest BCUT2D eigenvalue weighted by molar-refractivity contribution is 5.81. The van der Waals surface area contributed by atoms with Crippen molar-refractivity contribution in [1.82, 2.24) is 0 Å². The van der Waals surface area contributed by atoms with Crippen LogP contribution in [0.1, 0.15) is 18.7 Å². The Morgan fingerprint density at radius 3 is 2.64 bits per heavy atom. The molecule has 0 aliphatic heterocycles. The van der Waals surface area contributed by atoms with E-state index in [1.54, 1.807) is 13.0 Å². The number of esters is 1. The second-order valence-electron chi connectivity index (χ2n) is 2.77. The van der Waals surface area contributed by atoms with E-state index in [9.17, 15) is 4.79 Å². The molecule has 3 heteroatoms. The van der Waals surface area contributed by atoms with Gasteiger partial charge in [-0.1, -0.05) is 36.4 Å². The second-order valence-corrected chi connectivity index (χ2v) is 2.77. The fourth-order valence-corrected chi connectivity index (χ4v) is 1.01. The summed E-state index contributed by atoms with van der Waals surface area (Å²) < 4.78 is 4.93. The first-order valence-corrected chi connectivity index (χ1v) is 4.38. The molecule has 1 rings (SSSR count). The van der Waals surface area contributed by atoms with Crippen LogP contribution >= 0.6 is 0 Å². The van der Waals surface area contributed by atoms with E-state index in [0.29, 0.717) is 0 Å². The Balaban J connectivity index is 2.59. The summed E-state index contributed by atoms with van der Waals surface area (Å²) in [5, 5.41) is 0. The SMILES string of the molecule is C/C=C/C(=O)OC(N)c1ccccc1. The predicted octanol–water partition coefficient (Wildman–Crippen LogP) is 1.76. The van der Waals surface area contributed by atoms with Crippen LogP contribution in [0.4, 0.5) is 0 Å².